The van der Waals surface area contributed by atoms with Gasteiger partial charge in [0, 0.05) is 24.3 Å². The van der Waals surface area contributed by atoms with E-state index in [-0.39, 0.29) is 0 Å². The third kappa shape index (κ3) is 1.69. The van der Waals surface area contributed by atoms with Crippen LogP contribution in [0.1, 0.15) is 43.7 Å². The zero-order chi connectivity index (χ0) is 9.38. The Morgan fingerprint density at radius 2 is 2.21 bits per heavy atom. The maximum Gasteiger partial charge on any atom is 0.0534 e. The Labute approximate surface area is 84.5 Å². The minimum atomic E-state index is 0.699. The van der Waals surface area contributed by atoms with Crippen molar-refractivity contribution in [3.05, 3.63) is 18.0 Å². The lowest BCUT2D eigenvalue weighted by atomic mass is 9.93. The third-order valence-corrected chi connectivity index (χ3v) is 3.28. The standard InChI is InChI=1S/C11H17N3/c1-2-11(3-1)14-8-9(7-13-14)6-12-10-4-5-10/h7-8,10-12H,1-6H2. The molecule has 0 aromatic carbocycles. The van der Waals surface area contributed by atoms with Crippen molar-refractivity contribution in [1.29, 1.82) is 0 Å². The van der Waals surface area contributed by atoms with Crippen LogP contribution in [0.3, 0.4) is 0 Å². The summed E-state index contributed by atoms with van der Waals surface area (Å²) in [6.45, 7) is 0.997. The zero-order valence-electron chi connectivity index (χ0n) is 8.45. The molecule has 0 radical (unpaired) electrons. The van der Waals surface area contributed by atoms with Gasteiger partial charge in [0.2, 0.25) is 0 Å². The van der Waals surface area contributed by atoms with Gasteiger partial charge in [0.1, 0.15) is 0 Å². The molecule has 2 fully saturated rings. The van der Waals surface area contributed by atoms with Crippen LogP contribution in [0.15, 0.2) is 12.4 Å². The lowest BCUT2D eigenvalue weighted by molar-refractivity contribution is 0.289. The molecule has 3 rings (SSSR count). The van der Waals surface area contributed by atoms with E-state index in [1.54, 1.807) is 0 Å². The van der Waals surface area contributed by atoms with E-state index in [9.17, 15) is 0 Å². The van der Waals surface area contributed by atoms with Gasteiger partial charge >= 0.3 is 0 Å². The van der Waals surface area contributed by atoms with Gasteiger partial charge in [-0.15, -0.1) is 0 Å². The Morgan fingerprint density at radius 1 is 1.36 bits per heavy atom. The van der Waals surface area contributed by atoms with E-state index in [1.165, 1.54) is 37.7 Å². The number of nitrogens with zero attached hydrogens (tertiary/aromatic N) is 2. The van der Waals surface area contributed by atoms with Crippen molar-refractivity contribution < 1.29 is 0 Å². The van der Waals surface area contributed by atoms with E-state index in [2.05, 4.69) is 21.3 Å². The minimum absolute atomic E-state index is 0.699. The second kappa shape index (κ2) is 3.39. The normalized spacial score (nSPS) is 22.3. The van der Waals surface area contributed by atoms with Crippen molar-refractivity contribution in [2.75, 3.05) is 0 Å². The fourth-order valence-electron chi connectivity index (χ4n) is 1.87. The second-order valence-electron chi connectivity index (χ2n) is 4.57. The molecule has 0 spiro atoms. The maximum absolute atomic E-state index is 4.41. The highest BCUT2D eigenvalue weighted by molar-refractivity contribution is 5.05. The molecule has 1 aromatic heterocycles. The minimum Gasteiger partial charge on any atom is -0.310 e. The third-order valence-electron chi connectivity index (χ3n) is 3.28. The van der Waals surface area contributed by atoms with Gasteiger partial charge in [-0.05, 0) is 32.1 Å². The van der Waals surface area contributed by atoms with E-state index in [1.807, 2.05) is 6.20 Å². The molecule has 76 valence electrons. The average Bonchev–Trinajstić information content (AvgIpc) is 2.82. The Kier molecular flexibility index (Phi) is 2.05. The maximum atomic E-state index is 4.41. The Bertz CT molecular complexity index is 310. The number of nitrogens with one attached hydrogen (secondary N) is 1. The largest absolute Gasteiger partial charge is 0.310 e. The lowest BCUT2D eigenvalue weighted by Crippen LogP contribution is -2.17. The van der Waals surface area contributed by atoms with Crippen LogP contribution in [0.25, 0.3) is 0 Å². The second-order valence-corrected chi connectivity index (χ2v) is 4.57. The predicted molar refractivity (Wildman–Crippen MR) is 55.0 cm³/mol. The predicted octanol–water partition coefficient (Wildman–Crippen LogP) is 1.86. The number of hydrogen-bond acceptors (Lipinski definition) is 2. The molecule has 2 aliphatic rings. The van der Waals surface area contributed by atoms with E-state index < -0.39 is 0 Å². The van der Waals surface area contributed by atoms with E-state index in [4.69, 9.17) is 0 Å². The molecule has 14 heavy (non-hydrogen) atoms. The first-order valence-corrected chi connectivity index (χ1v) is 5.68. The molecule has 1 heterocycles. The Balaban J connectivity index is 1.58. The van der Waals surface area contributed by atoms with Crippen LogP contribution in [0.4, 0.5) is 0 Å². The molecule has 0 atom stereocenters. The topological polar surface area (TPSA) is 29.9 Å². The summed E-state index contributed by atoms with van der Waals surface area (Å²) in [6.07, 6.45) is 10.9. The van der Waals surface area contributed by atoms with Crippen molar-refractivity contribution in [2.24, 2.45) is 0 Å². The summed E-state index contributed by atoms with van der Waals surface area (Å²) in [5, 5.41) is 7.92. The molecular weight excluding hydrogens is 174 g/mol. The van der Waals surface area contributed by atoms with Crippen LogP contribution in [-0.4, -0.2) is 15.8 Å². The highest BCUT2D eigenvalue weighted by Gasteiger charge is 2.22. The summed E-state index contributed by atoms with van der Waals surface area (Å²) in [6, 6.07) is 1.49. The molecule has 1 aromatic rings. The van der Waals surface area contributed by atoms with Crippen molar-refractivity contribution in [2.45, 2.75) is 50.7 Å². The molecule has 0 saturated heterocycles. The van der Waals surface area contributed by atoms with Gasteiger partial charge in [0.25, 0.3) is 0 Å². The SMILES string of the molecule is c1nn(C2CCC2)cc1CNC1CC1. The van der Waals surface area contributed by atoms with Gasteiger partial charge in [-0.3, -0.25) is 4.68 Å². The number of hydrogen-bond donors (Lipinski definition) is 1. The average molecular weight is 191 g/mol. The summed E-state index contributed by atoms with van der Waals surface area (Å²) < 4.78 is 2.15. The molecule has 0 aliphatic heterocycles. The Morgan fingerprint density at radius 3 is 2.86 bits per heavy atom. The molecule has 0 bridgehead atoms. The van der Waals surface area contributed by atoms with Crippen molar-refractivity contribution >= 4 is 0 Å². The molecule has 2 aliphatic carbocycles. The quantitative estimate of drug-likeness (QED) is 0.787. The van der Waals surface area contributed by atoms with Gasteiger partial charge in [-0.1, -0.05) is 0 Å². The summed E-state index contributed by atoms with van der Waals surface area (Å²) in [5.74, 6) is 0. The molecule has 3 nitrogen and oxygen atoms in total. The van der Waals surface area contributed by atoms with Gasteiger partial charge in [0.15, 0.2) is 0 Å². The summed E-state index contributed by atoms with van der Waals surface area (Å²) >= 11 is 0. The van der Waals surface area contributed by atoms with E-state index in [0.29, 0.717) is 6.04 Å². The van der Waals surface area contributed by atoms with Gasteiger partial charge in [0.05, 0.1) is 12.2 Å². The zero-order valence-corrected chi connectivity index (χ0v) is 8.45. The lowest BCUT2D eigenvalue weighted by Gasteiger charge is -2.25. The first-order chi connectivity index (χ1) is 6.92. The molecule has 0 unspecified atom stereocenters. The molecule has 3 heteroatoms. The summed E-state index contributed by atoms with van der Waals surface area (Å²) in [7, 11) is 0. The monoisotopic (exact) mass is 191 g/mol. The van der Waals surface area contributed by atoms with Crippen LogP contribution in [-0.2, 0) is 6.54 Å². The molecule has 2 saturated carbocycles. The van der Waals surface area contributed by atoms with Crippen LogP contribution in [0.2, 0.25) is 0 Å². The van der Waals surface area contributed by atoms with Gasteiger partial charge < -0.3 is 5.32 Å². The summed E-state index contributed by atoms with van der Waals surface area (Å²) in [4.78, 5) is 0. The highest BCUT2D eigenvalue weighted by atomic mass is 15.3. The van der Waals surface area contributed by atoms with Crippen molar-refractivity contribution in [3.63, 3.8) is 0 Å². The van der Waals surface area contributed by atoms with Crippen LogP contribution in [0, 0.1) is 0 Å². The molecular formula is C11H17N3. The number of aromatic nitrogens is 2. The highest BCUT2D eigenvalue weighted by Crippen LogP contribution is 2.30. The smallest absolute Gasteiger partial charge is 0.0534 e. The fraction of sp³-hybridized carbons (Fsp3) is 0.727. The van der Waals surface area contributed by atoms with Crippen LogP contribution < -0.4 is 5.32 Å². The van der Waals surface area contributed by atoms with Gasteiger partial charge in [-0.2, -0.15) is 5.10 Å². The number of rotatable bonds is 4. The van der Waals surface area contributed by atoms with Crippen molar-refractivity contribution in [3.8, 4) is 0 Å². The molecule has 1 N–H and O–H groups in total. The first kappa shape index (κ1) is 8.48. The van der Waals surface area contributed by atoms with E-state index >= 15 is 0 Å². The van der Waals surface area contributed by atoms with E-state index in [0.717, 1.165) is 12.6 Å². The first-order valence-electron chi connectivity index (χ1n) is 5.68. The van der Waals surface area contributed by atoms with Crippen LogP contribution >= 0.6 is 0 Å². The van der Waals surface area contributed by atoms with Crippen molar-refractivity contribution in [1.82, 2.24) is 15.1 Å². The fourth-order valence-corrected chi connectivity index (χ4v) is 1.87. The van der Waals surface area contributed by atoms with Gasteiger partial charge in [-0.25, -0.2) is 0 Å². The van der Waals surface area contributed by atoms with Crippen LogP contribution in [0.5, 0.6) is 0 Å². The Hall–Kier alpha value is -0.830. The molecule has 0 amide bonds. The summed E-state index contributed by atoms with van der Waals surface area (Å²) in [5.41, 5.74) is 1.34.